The summed E-state index contributed by atoms with van der Waals surface area (Å²) in [7, 11) is 0. The minimum Gasteiger partial charge on any atom is -0.341 e. The van der Waals surface area contributed by atoms with Gasteiger partial charge in [0.05, 0.1) is 11.6 Å². The molecule has 1 N–H and O–H groups in total. The van der Waals surface area contributed by atoms with E-state index in [4.69, 9.17) is 0 Å². The van der Waals surface area contributed by atoms with Crippen LogP contribution in [0.2, 0.25) is 0 Å². The molecular formula is C19H15BrN2O. The third-order valence-corrected chi connectivity index (χ3v) is 3.94. The van der Waals surface area contributed by atoms with Crippen LogP contribution in [0.4, 0.5) is 0 Å². The highest BCUT2D eigenvalue weighted by molar-refractivity contribution is 9.10. The van der Waals surface area contributed by atoms with Crippen LogP contribution >= 0.6 is 15.9 Å². The Kier molecular flexibility index (Phi) is 4.83. The van der Waals surface area contributed by atoms with Crippen LogP contribution in [0.15, 0.2) is 83.6 Å². The van der Waals surface area contributed by atoms with Crippen molar-refractivity contribution in [3.05, 3.63) is 100 Å². The van der Waals surface area contributed by atoms with Gasteiger partial charge in [0.1, 0.15) is 0 Å². The SMILES string of the molecule is O=C(NC(c1ccccc1)c1ccccc1)c1cncc(Br)c1. The number of hydrogen-bond acceptors (Lipinski definition) is 2. The number of benzene rings is 2. The highest BCUT2D eigenvalue weighted by Gasteiger charge is 2.17. The summed E-state index contributed by atoms with van der Waals surface area (Å²) in [4.78, 5) is 16.6. The first-order valence-electron chi connectivity index (χ1n) is 7.25. The summed E-state index contributed by atoms with van der Waals surface area (Å²) in [6.45, 7) is 0. The van der Waals surface area contributed by atoms with Crippen LogP contribution < -0.4 is 5.32 Å². The molecule has 2 aromatic carbocycles. The van der Waals surface area contributed by atoms with E-state index in [-0.39, 0.29) is 11.9 Å². The zero-order valence-corrected chi connectivity index (χ0v) is 13.9. The van der Waals surface area contributed by atoms with Crippen molar-refractivity contribution < 1.29 is 4.79 Å². The first kappa shape index (κ1) is 15.4. The summed E-state index contributed by atoms with van der Waals surface area (Å²) in [6, 6.07) is 21.4. The molecular weight excluding hydrogens is 352 g/mol. The van der Waals surface area contributed by atoms with E-state index in [1.807, 2.05) is 60.7 Å². The quantitative estimate of drug-likeness (QED) is 0.744. The van der Waals surface area contributed by atoms with Crippen molar-refractivity contribution in [1.29, 1.82) is 0 Å². The van der Waals surface area contributed by atoms with E-state index in [1.165, 1.54) is 0 Å². The number of amides is 1. The van der Waals surface area contributed by atoms with Crippen molar-refractivity contribution in [2.75, 3.05) is 0 Å². The van der Waals surface area contributed by atoms with Crippen LogP contribution in [0, 0.1) is 0 Å². The van der Waals surface area contributed by atoms with Crippen LogP contribution in [0.5, 0.6) is 0 Å². The Bertz CT molecular complexity index is 751. The fraction of sp³-hybridized carbons (Fsp3) is 0.0526. The Balaban J connectivity index is 1.92. The number of nitrogens with zero attached hydrogens (tertiary/aromatic N) is 1. The standard InChI is InChI=1S/C19H15BrN2O/c20-17-11-16(12-21-13-17)19(23)22-18(14-7-3-1-4-8-14)15-9-5-2-6-10-15/h1-13,18H,(H,22,23). The number of hydrogen-bond donors (Lipinski definition) is 1. The second-order valence-electron chi connectivity index (χ2n) is 5.12. The lowest BCUT2D eigenvalue weighted by Crippen LogP contribution is -2.29. The molecule has 4 heteroatoms. The third kappa shape index (κ3) is 3.85. The summed E-state index contributed by atoms with van der Waals surface area (Å²) in [5.74, 6) is -0.156. The molecule has 0 saturated carbocycles. The predicted molar refractivity (Wildman–Crippen MR) is 94.1 cm³/mol. The number of aromatic nitrogens is 1. The lowest BCUT2D eigenvalue weighted by atomic mass is 9.98. The maximum atomic E-state index is 12.6. The van der Waals surface area contributed by atoms with E-state index >= 15 is 0 Å². The highest BCUT2D eigenvalue weighted by Crippen LogP contribution is 2.22. The Morgan fingerprint density at radius 2 is 1.48 bits per heavy atom. The smallest absolute Gasteiger partial charge is 0.253 e. The average Bonchev–Trinajstić information content (AvgIpc) is 2.61. The zero-order valence-electron chi connectivity index (χ0n) is 12.3. The molecule has 3 nitrogen and oxygen atoms in total. The summed E-state index contributed by atoms with van der Waals surface area (Å²) >= 11 is 3.34. The molecule has 0 saturated heterocycles. The molecule has 3 rings (SSSR count). The van der Waals surface area contributed by atoms with Gasteiger partial charge in [-0.1, -0.05) is 60.7 Å². The molecule has 1 aromatic heterocycles. The number of pyridine rings is 1. The molecule has 0 aliphatic rings. The van der Waals surface area contributed by atoms with Crippen molar-refractivity contribution in [3.63, 3.8) is 0 Å². The minimum atomic E-state index is -0.205. The highest BCUT2D eigenvalue weighted by atomic mass is 79.9. The van der Waals surface area contributed by atoms with Crippen molar-refractivity contribution in [1.82, 2.24) is 10.3 Å². The van der Waals surface area contributed by atoms with Gasteiger partial charge in [0, 0.05) is 16.9 Å². The molecule has 0 spiro atoms. The monoisotopic (exact) mass is 366 g/mol. The molecule has 0 unspecified atom stereocenters. The van der Waals surface area contributed by atoms with Crippen LogP contribution in [0.3, 0.4) is 0 Å². The molecule has 0 fully saturated rings. The fourth-order valence-corrected chi connectivity index (χ4v) is 2.77. The number of carbonyl (C=O) groups is 1. The molecule has 0 bridgehead atoms. The van der Waals surface area contributed by atoms with Crippen molar-refractivity contribution >= 4 is 21.8 Å². The second kappa shape index (κ2) is 7.20. The first-order chi connectivity index (χ1) is 11.2. The molecule has 0 atom stereocenters. The van der Waals surface area contributed by atoms with Gasteiger partial charge < -0.3 is 5.32 Å². The minimum absolute atomic E-state index is 0.156. The molecule has 1 amide bonds. The van der Waals surface area contributed by atoms with E-state index in [2.05, 4.69) is 26.2 Å². The van der Waals surface area contributed by atoms with E-state index in [1.54, 1.807) is 18.5 Å². The Morgan fingerprint density at radius 1 is 0.913 bits per heavy atom. The number of rotatable bonds is 4. The molecule has 0 aliphatic heterocycles. The molecule has 23 heavy (non-hydrogen) atoms. The third-order valence-electron chi connectivity index (χ3n) is 3.51. The summed E-state index contributed by atoms with van der Waals surface area (Å²) < 4.78 is 0.779. The van der Waals surface area contributed by atoms with Gasteiger partial charge >= 0.3 is 0 Å². The van der Waals surface area contributed by atoms with Crippen molar-refractivity contribution in [2.45, 2.75) is 6.04 Å². The van der Waals surface area contributed by atoms with Gasteiger partial charge in [0.25, 0.3) is 5.91 Å². The van der Waals surface area contributed by atoms with Crippen LogP contribution in [-0.4, -0.2) is 10.9 Å². The van der Waals surface area contributed by atoms with Gasteiger partial charge in [-0.2, -0.15) is 0 Å². The van der Waals surface area contributed by atoms with Crippen LogP contribution in [0.1, 0.15) is 27.5 Å². The van der Waals surface area contributed by atoms with Crippen LogP contribution in [0.25, 0.3) is 0 Å². The maximum Gasteiger partial charge on any atom is 0.253 e. The topological polar surface area (TPSA) is 42.0 Å². The molecule has 0 aliphatic carbocycles. The zero-order chi connectivity index (χ0) is 16.1. The van der Waals surface area contributed by atoms with E-state index in [9.17, 15) is 4.79 Å². The van der Waals surface area contributed by atoms with Gasteiger partial charge in [0.15, 0.2) is 0 Å². The molecule has 114 valence electrons. The van der Waals surface area contributed by atoms with E-state index in [0.29, 0.717) is 5.56 Å². The van der Waals surface area contributed by atoms with E-state index < -0.39 is 0 Å². The van der Waals surface area contributed by atoms with Gasteiger partial charge in [-0.05, 0) is 33.1 Å². The largest absolute Gasteiger partial charge is 0.341 e. The van der Waals surface area contributed by atoms with Crippen molar-refractivity contribution in [3.8, 4) is 0 Å². The fourth-order valence-electron chi connectivity index (χ4n) is 2.40. The van der Waals surface area contributed by atoms with Crippen molar-refractivity contribution in [2.24, 2.45) is 0 Å². The first-order valence-corrected chi connectivity index (χ1v) is 8.04. The number of carbonyl (C=O) groups excluding carboxylic acids is 1. The Labute approximate surface area is 143 Å². The van der Waals surface area contributed by atoms with Gasteiger partial charge in [-0.15, -0.1) is 0 Å². The molecule has 1 heterocycles. The predicted octanol–water partition coefficient (Wildman–Crippen LogP) is 4.36. The number of nitrogens with one attached hydrogen (secondary N) is 1. The molecule has 3 aromatic rings. The van der Waals surface area contributed by atoms with Gasteiger partial charge in [0.2, 0.25) is 0 Å². The van der Waals surface area contributed by atoms with Gasteiger partial charge in [-0.25, -0.2) is 0 Å². The normalized spacial score (nSPS) is 10.5. The Hall–Kier alpha value is -2.46. The van der Waals surface area contributed by atoms with Crippen LogP contribution in [-0.2, 0) is 0 Å². The Morgan fingerprint density at radius 3 is 2.00 bits per heavy atom. The van der Waals surface area contributed by atoms with Gasteiger partial charge in [-0.3, -0.25) is 9.78 Å². The maximum absolute atomic E-state index is 12.6. The summed E-state index contributed by atoms with van der Waals surface area (Å²) in [5, 5.41) is 3.09. The lowest BCUT2D eigenvalue weighted by molar-refractivity contribution is 0.0942. The number of halogens is 1. The molecule has 0 radical (unpaired) electrons. The van der Waals surface area contributed by atoms with E-state index in [0.717, 1.165) is 15.6 Å². The average molecular weight is 367 g/mol. The summed E-state index contributed by atoms with van der Waals surface area (Å²) in [5.41, 5.74) is 2.60. The second-order valence-corrected chi connectivity index (χ2v) is 6.04. The summed E-state index contributed by atoms with van der Waals surface area (Å²) in [6.07, 6.45) is 3.22. The lowest BCUT2D eigenvalue weighted by Gasteiger charge is -2.20.